The summed E-state index contributed by atoms with van der Waals surface area (Å²) in [6.45, 7) is 4.38. The second-order valence-corrected chi connectivity index (χ2v) is 5.64. The van der Waals surface area contributed by atoms with Crippen molar-refractivity contribution < 1.29 is 4.79 Å². The maximum Gasteiger partial charge on any atom is 0.271 e. The molecule has 5 nitrogen and oxygen atoms in total. The van der Waals surface area contributed by atoms with Crippen molar-refractivity contribution in [3.8, 4) is 0 Å². The highest BCUT2D eigenvalue weighted by molar-refractivity contribution is 6.33. The summed E-state index contributed by atoms with van der Waals surface area (Å²) in [6, 6.07) is 0.0148. The molecule has 1 amide bonds. The Morgan fingerprint density at radius 3 is 2.79 bits per heavy atom. The van der Waals surface area contributed by atoms with E-state index in [0.717, 1.165) is 12.8 Å². The fraction of sp³-hybridized carbons (Fsp3) is 0.615. The molecule has 104 valence electrons. The van der Waals surface area contributed by atoms with Crippen LogP contribution in [0.2, 0.25) is 5.02 Å². The lowest BCUT2D eigenvalue weighted by molar-refractivity contribution is 0.0928. The van der Waals surface area contributed by atoms with E-state index in [4.69, 9.17) is 17.3 Å². The third-order valence-electron chi connectivity index (χ3n) is 3.26. The van der Waals surface area contributed by atoms with Gasteiger partial charge in [0.25, 0.3) is 5.91 Å². The van der Waals surface area contributed by atoms with Gasteiger partial charge in [-0.1, -0.05) is 25.4 Å². The first-order valence-corrected chi connectivity index (χ1v) is 6.94. The van der Waals surface area contributed by atoms with E-state index in [1.54, 1.807) is 0 Å². The fourth-order valence-electron chi connectivity index (χ4n) is 1.92. The van der Waals surface area contributed by atoms with Gasteiger partial charge in [-0.3, -0.25) is 4.79 Å². The predicted octanol–water partition coefficient (Wildman–Crippen LogP) is 1.72. The molecule has 1 aliphatic rings. The Morgan fingerprint density at radius 2 is 2.26 bits per heavy atom. The first-order chi connectivity index (χ1) is 9.02. The van der Waals surface area contributed by atoms with Gasteiger partial charge in [0.05, 0.1) is 11.2 Å². The molecule has 0 aromatic carbocycles. The standard InChI is InChI=1S/C13H19ClN4O/c1-7(2)12-16-6-9(14)11(18-12)13(19)17-10(5-15)8-3-4-8/h6-8,10H,3-5,15H2,1-2H3,(H,17,19). The molecule has 0 aliphatic heterocycles. The lowest BCUT2D eigenvalue weighted by atomic mass is 10.1. The molecule has 6 heteroatoms. The number of hydrogen-bond donors (Lipinski definition) is 2. The van der Waals surface area contributed by atoms with Crippen LogP contribution >= 0.6 is 11.6 Å². The monoisotopic (exact) mass is 282 g/mol. The smallest absolute Gasteiger partial charge is 0.271 e. The normalized spacial score (nSPS) is 16.5. The largest absolute Gasteiger partial charge is 0.346 e. The van der Waals surface area contributed by atoms with E-state index in [1.807, 2.05) is 13.8 Å². The van der Waals surface area contributed by atoms with E-state index in [1.165, 1.54) is 6.20 Å². The molecule has 1 aromatic rings. The second kappa shape index (κ2) is 5.84. The summed E-state index contributed by atoms with van der Waals surface area (Å²) in [7, 11) is 0. The number of amides is 1. The van der Waals surface area contributed by atoms with Crippen molar-refractivity contribution in [2.45, 2.75) is 38.6 Å². The third-order valence-corrected chi connectivity index (χ3v) is 3.53. The van der Waals surface area contributed by atoms with Crippen LogP contribution in [0.3, 0.4) is 0 Å². The lowest BCUT2D eigenvalue weighted by Gasteiger charge is -2.16. The van der Waals surface area contributed by atoms with Crippen LogP contribution in [0.1, 0.15) is 48.9 Å². The van der Waals surface area contributed by atoms with Crippen molar-refractivity contribution in [3.63, 3.8) is 0 Å². The summed E-state index contributed by atoms with van der Waals surface area (Å²) in [5.41, 5.74) is 5.91. The van der Waals surface area contributed by atoms with Crippen LogP contribution in [-0.2, 0) is 0 Å². The molecular formula is C13H19ClN4O. The van der Waals surface area contributed by atoms with Crippen molar-refractivity contribution in [2.75, 3.05) is 6.54 Å². The Hall–Kier alpha value is -1.20. The van der Waals surface area contributed by atoms with E-state index < -0.39 is 0 Å². The van der Waals surface area contributed by atoms with Gasteiger partial charge >= 0.3 is 0 Å². The minimum atomic E-state index is -0.267. The zero-order valence-corrected chi connectivity index (χ0v) is 11.9. The van der Waals surface area contributed by atoms with Gasteiger partial charge in [-0.15, -0.1) is 0 Å². The van der Waals surface area contributed by atoms with E-state index in [0.29, 0.717) is 18.3 Å². The molecule has 1 saturated carbocycles. The summed E-state index contributed by atoms with van der Waals surface area (Å²) >= 11 is 6.00. The SMILES string of the molecule is CC(C)c1ncc(Cl)c(C(=O)NC(CN)C2CC2)n1. The Morgan fingerprint density at radius 1 is 1.58 bits per heavy atom. The summed E-state index contributed by atoms with van der Waals surface area (Å²) in [4.78, 5) is 20.6. The van der Waals surface area contributed by atoms with Crippen LogP contribution < -0.4 is 11.1 Å². The van der Waals surface area contributed by atoms with Crippen molar-refractivity contribution >= 4 is 17.5 Å². The Labute approximate surface area is 118 Å². The highest BCUT2D eigenvalue weighted by atomic mass is 35.5. The zero-order valence-electron chi connectivity index (χ0n) is 11.2. The average Bonchev–Trinajstić information content (AvgIpc) is 3.20. The molecular weight excluding hydrogens is 264 g/mol. The molecule has 19 heavy (non-hydrogen) atoms. The molecule has 0 spiro atoms. The Kier molecular flexibility index (Phi) is 4.37. The van der Waals surface area contributed by atoms with E-state index >= 15 is 0 Å². The van der Waals surface area contributed by atoms with Crippen molar-refractivity contribution in [3.05, 3.63) is 22.7 Å². The number of rotatable bonds is 5. The van der Waals surface area contributed by atoms with Gasteiger partial charge in [0.2, 0.25) is 0 Å². The van der Waals surface area contributed by atoms with Gasteiger partial charge in [-0.05, 0) is 18.8 Å². The number of hydrogen-bond acceptors (Lipinski definition) is 4. The minimum absolute atomic E-state index is 0.0148. The first kappa shape index (κ1) is 14.2. The Bertz CT molecular complexity index is 474. The van der Waals surface area contributed by atoms with Crippen molar-refractivity contribution in [1.29, 1.82) is 0 Å². The summed E-state index contributed by atoms with van der Waals surface area (Å²) in [6.07, 6.45) is 3.72. The van der Waals surface area contributed by atoms with Gasteiger partial charge in [0.1, 0.15) is 11.5 Å². The predicted molar refractivity (Wildman–Crippen MR) is 74.2 cm³/mol. The number of halogens is 1. The van der Waals surface area contributed by atoms with Gasteiger partial charge in [0, 0.05) is 18.5 Å². The summed E-state index contributed by atoms with van der Waals surface area (Å²) in [5.74, 6) is 0.999. The van der Waals surface area contributed by atoms with Gasteiger partial charge < -0.3 is 11.1 Å². The first-order valence-electron chi connectivity index (χ1n) is 6.56. The minimum Gasteiger partial charge on any atom is -0.346 e. The van der Waals surface area contributed by atoms with Crippen LogP contribution in [0.15, 0.2) is 6.20 Å². The van der Waals surface area contributed by atoms with Crippen LogP contribution in [0.5, 0.6) is 0 Å². The molecule has 1 unspecified atom stereocenters. The van der Waals surface area contributed by atoms with Gasteiger partial charge in [0.15, 0.2) is 0 Å². The maximum absolute atomic E-state index is 12.2. The molecule has 1 aliphatic carbocycles. The van der Waals surface area contributed by atoms with Gasteiger partial charge in [-0.25, -0.2) is 9.97 Å². The number of aromatic nitrogens is 2. The fourth-order valence-corrected chi connectivity index (χ4v) is 2.10. The number of nitrogens with zero attached hydrogens (tertiary/aromatic N) is 2. The number of carbonyl (C=O) groups excluding carboxylic acids is 1. The van der Waals surface area contributed by atoms with E-state index in [9.17, 15) is 4.79 Å². The zero-order chi connectivity index (χ0) is 14.0. The van der Waals surface area contributed by atoms with E-state index in [-0.39, 0.29) is 28.6 Å². The van der Waals surface area contributed by atoms with Gasteiger partial charge in [-0.2, -0.15) is 0 Å². The molecule has 1 aromatic heterocycles. The van der Waals surface area contributed by atoms with Crippen LogP contribution in [-0.4, -0.2) is 28.5 Å². The lowest BCUT2D eigenvalue weighted by Crippen LogP contribution is -2.42. The molecule has 0 radical (unpaired) electrons. The molecule has 1 atom stereocenters. The second-order valence-electron chi connectivity index (χ2n) is 5.23. The summed E-state index contributed by atoms with van der Waals surface area (Å²) < 4.78 is 0. The molecule has 1 fully saturated rings. The maximum atomic E-state index is 12.2. The quantitative estimate of drug-likeness (QED) is 0.862. The van der Waals surface area contributed by atoms with Crippen molar-refractivity contribution in [2.24, 2.45) is 11.7 Å². The third kappa shape index (κ3) is 3.42. The highest BCUT2D eigenvalue weighted by Crippen LogP contribution is 2.32. The van der Waals surface area contributed by atoms with Crippen molar-refractivity contribution in [1.82, 2.24) is 15.3 Å². The number of nitrogens with two attached hydrogens (primary N) is 1. The molecule has 3 N–H and O–H groups in total. The molecule has 2 rings (SSSR count). The number of carbonyl (C=O) groups is 1. The Balaban J connectivity index is 2.15. The topological polar surface area (TPSA) is 80.9 Å². The van der Waals surface area contributed by atoms with E-state index in [2.05, 4.69) is 15.3 Å². The van der Waals surface area contributed by atoms with Crippen LogP contribution in [0, 0.1) is 5.92 Å². The summed E-state index contributed by atoms with van der Waals surface area (Å²) in [5, 5.41) is 3.18. The molecule has 0 saturated heterocycles. The molecule has 0 bridgehead atoms. The average molecular weight is 283 g/mol. The van der Waals surface area contributed by atoms with Crippen LogP contribution in [0.25, 0.3) is 0 Å². The molecule has 1 heterocycles. The number of nitrogens with one attached hydrogen (secondary N) is 1. The van der Waals surface area contributed by atoms with Crippen LogP contribution in [0.4, 0.5) is 0 Å². The highest BCUT2D eigenvalue weighted by Gasteiger charge is 2.32.